The molecule has 0 amide bonds. The number of nitrogens with zero attached hydrogens (tertiary/aromatic N) is 1. The van der Waals surface area contributed by atoms with Gasteiger partial charge in [0, 0.05) is 35.1 Å². The summed E-state index contributed by atoms with van der Waals surface area (Å²) in [5.41, 5.74) is 1.18. The molecule has 0 aliphatic carbocycles. The maximum atomic E-state index is 11.5. The molecule has 0 saturated carbocycles. The molecule has 4 bridgehead atoms. The van der Waals surface area contributed by atoms with E-state index in [1.165, 1.54) is 6.20 Å². The first-order valence-corrected chi connectivity index (χ1v) is 8.79. The minimum atomic E-state index is -0.896. The van der Waals surface area contributed by atoms with Crippen molar-refractivity contribution in [2.45, 2.75) is 43.9 Å². The predicted molar refractivity (Wildman–Crippen MR) is 92.5 cm³/mol. The van der Waals surface area contributed by atoms with Crippen molar-refractivity contribution in [2.24, 2.45) is 5.92 Å². The average molecular weight is 342 g/mol. The number of Topliss-reactive ketones (excluding diaryl/α,β-unsaturated/α-hetero) is 1. The number of benzene rings is 1. The van der Waals surface area contributed by atoms with E-state index in [9.17, 15) is 14.7 Å². The van der Waals surface area contributed by atoms with Crippen LogP contribution in [0.5, 0.6) is 0 Å². The molecule has 1 aromatic heterocycles. The molecule has 6 rings (SSSR count). The van der Waals surface area contributed by atoms with Gasteiger partial charge in [0.25, 0.3) is 0 Å². The number of carbonyl (C=O) groups is 2. The maximum Gasteiger partial charge on any atom is 0.337 e. The molecule has 4 saturated heterocycles. The lowest BCUT2D eigenvalue weighted by molar-refractivity contribution is -0.144. The first-order chi connectivity index (χ1) is 12.0. The minimum absolute atomic E-state index is 0.111. The van der Waals surface area contributed by atoms with Crippen LogP contribution in [-0.4, -0.2) is 56.6 Å². The Labute approximate surface area is 145 Å². The van der Waals surface area contributed by atoms with E-state index in [1.54, 1.807) is 6.07 Å². The van der Waals surface area contributed by atoms with Gasteiger partial charge in [0.2, 0.25) is 0 Å². The Morgan fingerprint density at radius 3 is 2.44 bits per heavy atom. The van der Waals surface area contributed by atoms with Gasteiger partial charge in [0.1, 0.15) is 5.78 Å². The summed E-state index contributed by atoms with van der Waals surface area (Å²) < 4.78 is 0. The number of piperidine rings is 4. The highest BCUT2D eigenvalue weighted by Gasteiger charge is 2.48. The van der Waals surface area contributed by atoms with Gasteiger partial charge in [-0.2, -0.15) is 0 Å². The molecule has 6 nitrogen and oxygen atoms in total. The molecule has 2 unspecified atom stereocenters. The van der Waals surface area contributed by atoms with E-state index in [0.717, 1.165) is 36.6 Å². The Morgan fingerprint density at radius 2 is 1.80 bits per heavy atom. The van der Waals surface area contributed by atoms with Crippen LogP contribution in [0.4, 0.5) is 0 Å². The van der Waals surface area contributed by atoms with E-state index in [4.69, 9.17) is 5.11 Å². The predicted octanol–water partition coefficient (Wildman–Crippen LogP) is 2.04. The van der Waals surface area contributed by atoms with Crippen LogP contribution in [-0.2, 0) is 4.79 Å². The number of aliphatic hydroxyl groups excluding tert-OH is 1. The van der Waals surface area contributed by atoms with E-state index in [0.29, 0.717) is 35.9 Å². The second-order valence-corrected chi connectivity index (χ2v) is 7.29. The van der Waals surface area contributed by atoms with Gasteiger partial charge in [0.05, 0.1) is 18.2 Å². The number of carboxylic acid groups (broad SMARTS) is 1. The van der Waals surface area contributed by atoms with Gasteiger partial charge in [-0.05, 0) is 31.7 Å². The molecule has 1 aromatic carbocycles. The summed E-state index contributed by atoms with van der Waals surface area (Å²) in [6, 6.07) is 8.33. The van der Waals surface area contributed by atoms with Crippen molar-refractivity contribution >= 4 is 22.7 Å². The summed E-state index contributed by atoms with van der Waals surface area (Å²) in [6.07, 6.45) is 5.19. The van der Waals surface area contributed by atoms with Crippen molar-refractivity contribution in [1.29, 1.82) is 0 Å². The molecule has 3 N–H and O–H groups in total. The maximum absolute atomic E-state index is 11.5. The average Bonchev–Trinajstić information content (AvgIpc) is 3.00. The summed E-state index contributed by atoms with van der Waals surface area (Å²) >= 11 is 0. The first-order valence-electron chi connectivity index (χ1n) is 8.79. The zero-order valence-corrected chi connectivity index (χ0v) is 13.9. The fourth-order valence-electron chi connectivity index (χ4n) is 4.59. The highest BCUT2D eigenvalue weighted by atomic mass is 16.4. The molecular weight excluding hydrogens is 320 g/mol. The molecule has 0 spiro atoms. The van der Waals surface area contributed by atoms with E-state index in [2.05, 4.69) is 9.88 Å². The van der Waals surface area contributed by atoms with Gasteiger partial charge in [-0.1, -0.05) is 18.2 Å². The third-order valence-electron chi connectivity index (χ3n) is 5.75. The molecule has 0 radical (unpaired) electrons. The number of aromatic nitrogens is 1. The van der Waals surface area contributed by atoms with Gasteiger partial charge in [-0.15, -0.1) is 0 Å². The summed E-state index contributed by atoms with van der Waals surface area (Å²) in [5, 5.41) is 19.1. The quantitative estimate of drug-likeness (QED) is 0.737. The van der Waals surface area contributed by atoms with E-state index in [-0.39, 0.29) is 6.10 Å². The van der Waals surface area contributed by atoms with Crippen molar-refractivity contribution in [1.82, 2.24) is 9.88 Å². The van der Waals surface area contributed by atoms with Crippen LogP contribution in [0, 0.1) is 5.92 Å². The van der Waals surface area contributed by atoms with Gasteiger partial charge in [-0.3, -0.25) is 9.69 Å². The highest BCUT2D eigenvalue weighted by molar-refractivity contribution is 6.03. The molecular formula is C19H22N2O4. The normalized spacial score (nSPS) is 33.0. The van der Waals surface area contributed by atoms with Crippen LogP contribution < -0.4 is 0 Å². The number of nitrogens with one attached hydrogen (secondary N) is 1. The highest BCUT2D eigenvalue weighted by Crippen LogP contribution is 2.41. The second kappa shape index (κ2) is 6.28. The number of carboxylic acids is 1. The summed E-state index contributed by atoms with van der Waals surface area (Å²) in [7, 11) is 0. The van der Waals surface area contributed by atoms with Crippen LogP contribution in [0.15, 0.2) is 30.5 Å². The van der Waals surface area contributed by atoms with Gasteiger partial charge < -0.3 is 15.2 Å². The number of carbonyl (C=O) groups excluding carboxylic acids is 1. The second-order valence-electron chi connectivity index (χ2n) is 7.29. The molecule has 25 heavy (non-hydrogen) atoms. The Hall–Kier alpha value is -2.18. The zero-order chi connectivity index (χ0) is 17.6. The number of aliphatic hydroxyl groups is 1. The largest absolute Gasteiger partial charge is 0.478 e. The lowest BCUT2D eigenvalue weighted by atomic mass is 9.72. The standard InChI is InChI=1S/C10H15NO2.C9H7NO2/c12-9-3-7-1-6-2-8(4-9)11(7)5-10(6)13;11-9(12)7-5-10-8-4-2-1-3-6(7)8/h6-9,12H,1-5H2;1-5,10H,(H,11,12). The smallest absolute Gasteiger partial charge is 0.337 e. The molecule has 4 fully saturated rings. The fraction of sp³-hybridized carbons (Fsp3) is 0.474. The number of para-hydroxylation sites is 1. The van der Waals surface area contributed by atoms with Gasteiger partial charge in [0.15, 0.2) is 0 Å². The van der Waals surface area contributed by atoms with Crippen LogP contribution in [0.25, 0.3) is 10.9 Å². The number of H-pyrrole nitrogens is 1. The summed E-state index contributed by atoms with van der Waals surface area (Å²) in [4.78, 5) is 27.3. The van der Waals surface area contributed by atoms with Crippen LogP contribution in [0.2, 0.25) is 0 Å². The monoisotopic (exact) mass is 342 g/mol. The lowest BCUT2D eigenvalue weighted by Crippen LogP contribution is -2.62. The topological polar surface area (TPSA) is 93.6 Å². The number of fused-ring (bicyclic) bond motifs is 2. The van der Waals surface area contributed by atoms with Crippen molar-refractivity contribution < 1.29 is 19.8 Å². The number of rotatable bonds is 1. The number of ketones is 1. The van der Waals surface area contributed by atoms with E-state index >= 15 is 0 Å². The Morgan fingerprint density at radius 1 is 1.12 bits per heavy atom. The van der Waals surface area contributed by atoms with Crippen molar-refractivity contribution in [2.75, 3.05) is 6.54 Å². The van der Waals surface area contributed by atoms with Crippen LogP contribution in [0.3, 0.4) is 0 Å². The molecule has 2 atom stereocenters. The third kappa shape index (κ3) is 2.96. The Balaban J connectivity index is 0.000000126. The molecule has 4 aliphatic rings. The van der Waals surface area contributed by atoms with Crippen LogP contribution >= 0.6 is 0 Å². The minimum Gasteiger partial charge on any atom is -0.478 e. The lowest BCUT2D eigenvalue weighted by Gasteiger charge is -2.53. The zero-order valence-electron chi connectivity index (χ0n) is 13.9. The van der Waals surface area contributed by atoms with E-state index < -0.39 is 5.97 Å². The Bertz CT molecular complexity index is 799. The summed E-state index contributed by atoms with van der Waals surface area (Å²) in [5.74, 6) is -0.135. The molecule has 132 valence electrons. The van der Waals surface area contributed by atoms with Gasteiger partial charge >= 0.3 is 5.97 Å². The fourth-order valence-corrected chi connectivity index (χ4v) is 4.59. The summed E-state index contributed by atoms with van der Waals surface area (Å²) in [6.45, 7) is 0.659. The number of hydrogen-bond acceptors (Lipinski definition) is 4. The Kier molecular flexibility index (Phi) is 4.09. The number of aromatic carboxylic acids is 1. The van der Waals surface area contributed by atoms with Gasteiger partial charge in [-0.25, -0.2) is 4.79 Å². The molecule has 2 aromatic rings. The SMILES string of the molecule is O=C(O)c1c[nH]c2ccccc12.O=C1CN2C3CC(O)CC2CC1C3. The molecule has 5 heterocycles. The molecule has 6 heteroatoms. The third-order valence-corrected chi connectivity index (χ3v) is 5.75. The van der Waals surface area contributed by atoms with Crippen molar-refractivity contribution in [3.63, 3.8) is 0 Å². The molecule has 4 aliphatic heterocycles. The van der Waals surface area contributed by atoms with Crippen LogP contribution in [0.1, 0.15) is 36.0 Å². The first kappa shape index (κ1) is 16.3. The van der Waals surface area contributed by atoms with Crippen molar-refractivity contribution in [3.05, 3.63) is 36.0 Å². The number of hydrogen-bond donors (Lipinski definition) is 3. The van der Waals surface area contributed by atoms with E-state index in [1.807, 2.05) is 18.2 Å². The number of aromatic amines is 1. The van der Waals surface area contributed by atoms with Crippen molar-refractivity contribution in [3.8, 4) is 0 Å².